The Kier molecular flexibility index (Phi) is 36.4. The molecule has 680 valence electrons. The molecular weight excluding hydrogens is 1890 g/mol. The summed E-state index contributed by atoms with van der Waals surface area (Å²) in [5, 5.41) is 223. The minimum absolute atomic E-state index is 0. The van der Waals surface area contributed by atoms with E-state index < -0.39 is 0 Å². The second kappa shape index (κ2) is 48.0. The molecule has 16 aromatic rings. The largest absolute Gasteiger partial charge is 0.872 e. The molecule has 0 aliphatic heterocycles. The first-order valence-corrected chi connectivity index (χ1v) is 36.9. The molecule has 0 fully saturated rings. The van der Waals surface area contributed by atoms with Gasteiger partial charge >= 0.3 is 0 Å². The fraction of sp³-hybridized carbons (Fsp3) is 0.0886. The molecule has 0 unspecified atom stereocenters. The molecule has 8 heterocycles. The Morgan fingerprint density at radius 1 is 0.206 bits per heavy atom. The summed E-state index contributed by atoms with van der Waals surface area (Å²) in [6.07, 6.45) is 26.0. The van der Waals surface area contributed by atoms with Crippen molar-refractivity contribution in [3.63, 3.8) is 0 Å². The molecule has 52 heteroatoms. The Bertz CT molecular complexity index is 5880. The maximum atomic E-state index is 11.2. The summed E-state index contributed by atoms with van der Waals surface area (Å²) in [5.74, 6) is -0.870. The van der Waals surface area contributed by atoms with Crippen LogP contribution in [0.3, 0.4) is 0 Å². The van der Waals surface area contributed by atoms with Gasteiger partial charge in [-0.3, -0.25) is 27.4 Å². The van der Waals surface area contributed by atoms with Crippen molar-refractivity contribution < 1.29 is 149 Å². The summed E-state index contributed by atoms with van der Waals surface area (Å²) >= 11 is 0. The number of azo groups is 8. The van der Waals surface area contributed by atoms with Crippen LogP contribution >= 0.6 is 0 Å². The molecule has 0 saturated carbocycles. The van der Waals surface area contributed by atoms with Gasteiger partial charge in [0.2, 0.25) is 11.9 Å². The predicted molar refractivity (Wildman–Crippen MR) is 438 cm³/mol. The molecule has 0 aliphatic rings. The minimum Gasteiger partial charge on any atom is -0.872 e. The Hall–Kier alpha value is -16.9. The van der Waals surface area contributed by atoms with Gasteiger partial charge in [-0.15, -0.1) is 105 Å². The van der Waals surface area contributed by atoms with E-state index in [9.17, 15) is 76.6 Å². The van der Waals surface area contributed by atoms with E-state index in [0.29, 0.717) is 11.9 Å². The zero-order valence-corrected chi connectivity index (χ0v) is 71.4. The van der Waals surface area contributed by atoms with Crippen LogP contribution < -0.4 is 20.4 Å². The summed E-state index contributed by atoms with van der Waals surface area (Å²) in [6, 6.07) is 30.9. The number of benzene rings is 8. The molecule has 0 spiro atoms. The van der Waals surface area contributed by atoms with Crippen molar-refractivity contribution in [1.29, 1.82) is 0 Å². The molecule has 131 heavy (non-hydrogen) atoms. The molecule has 4 radical (unpaired) electrons. The molecule has 48 nitrogen and oxygen atoms in total. The Morgan fingerprint density at radius 3 is 0.504 bits per heavy atom. The number of rotatable bonds is 24. The van der Waals surface area contributed by atoms with E-state index in [1.54, 1.807) is 89.4 Å². The van der Waals surface area contributed by atoms with Gasteiger partial charge in [0.15, 0.2) is 0 Å². The number of phenolic OH excluding ortho intramolecular Hbond substituents is 12. The van der Waals surface area contributed by atoms with Crippen molar-refractivity contribution in [3.8, 4) is 92.0 Å². The number of hydrogen-bond acceptors (Lipinski definition) is 40. The summed E-state index contributed by atoms with van der Waals surface area (Å²) < 4.78 is 13.6. The monoisotopic (exact) mass is 1960 g/mol. The first-order valence-electron chi connectivity index (χ1n) is 36.9. The molecule has 0 bridgehead atoms. The van der Waals surface area contributed by atoms with Crippen LogP contribution in [0.5, 0.6) is 92.0 Å². The maximum absolute atomic E-state index is 11.2. The first-order chi connectivity index (χ1) is 61.4. The minimum atomic E-state index is -0.333. The molecule has 8 aromatic carbocycles. The zero-order chi connectivity index (χ0) is 89.9. The smallest absolute Gasteiger partial charge is 0.250 e. The van der Waals surface area contributed by atoms with E-state index in [1.165, 1.54) is 140 Å². The molecule has 0 aliphatic carbocycles. The maximum Gasteiger partial charge on any atom is 0.250 e. The molecule has 8 aromatic heterocycles. The van der Waals surface area contributed by atoms with E-state index in [0.717, 1.165) is 55.6 Å². The van der Waals surface area contributed by atoms with Crippen LogP contribution in [-0.4, -0.2) is 138 Å². The molecule has 0 atom stereocenters. The number of aromatic nitrogens is 16. The van der Waals surface area contributed by atoms with E-state index in [4.69, 9.17) is 5.11 Å². The van der Waals surface area contributed by atoms with Crippen molar-refractivity contribution in [2.75, 3.05) is 0 Å². The third kappa shape index (κ3) is 28.0. The van der Waals surface area contributed by atoms with Crippen LogP contribution in [-0.2, 0) is 100 Å². The third-order valence-corrected chi connectivity index (χ3v) is 16.7. The van der Waals surface area contributed by atoms with Gasteiger partial charge in [0.1, 0.15) is 134 Å². The van der Waals surface area contributed by atoms with Crippen molar-refractivity contribution in [2.45, 2.75) is 46.9 Å². The van der Waals surface area contributed by atoms with Crippen LogP contribution in [0.4, 0.5) is 93.1 Å². The molecule has 0 saturated heterocycles. The molecular formula is C79H68Co4N32O16-4. The normalized spacial score (nSPS) is 11.1. The van der Waals surface area contributed by atoms with Gasteiger partial charge in [0.25, 0.3) is 35.7 Å². The molecule has 0 amide bonds. The van der Waals surface area contributed by atoms with Crippen molar-refractivity contribution >= 4 is 93.1 Å². The summed E-state index contributed by atoms with van der Waals surface area (Å²) in [6.45, 7) is 6.11. The Balaban J connectivity index is 0.000000205. The average Bonchev–Trinajstić information content (AvgIpc) is 1.72. The van der Waals surface area contributed by atoms with Gasteiger partial charge in [0.05, 0.1) is 0 Å². The number of aryl methyl sites for hydroxylation is 2. The second-order valence-corrected chi connectivity index (χ2v) is 25.5. The van der Waals surface area contributed by atoms with E-state index in [1.807, 2.05) is 23.0 Å². The first kappa shape index (κ1) is 99.5. The van der Waals surface area contributed by atoms with E-state index in [-0.39, 0.29) is 260 Å². The second-order valence-electron chi connectivity index (χ2n) is 25.5. The number of phenols is 12. The topological polar surface area (TPSA) is 675 Å². The number of imidazole rings is 8. The van der Waals surface area contributed by atoms with E-state index >= 15 is 0 Å². The standard InChI is InChI=1S/3C19H16N8O4.2C11H12N4O2.4Co/c3*28-12-1-3-14(16(30)9-12)22-24-18-20-5-7-26(18)11-27-8-6-21-19(27)25-23-15-4-2-13(29)10-17(15)31;2*1-2-15-6-5-12-11(15)14-13-9-4-3-8(16)7-10(9)17;;;;/h3*1-10,28-31H,11H2;2*3-7,16-17H,2H2,1H3;;;;/p-4. The Morgan fingerprint density at radius 2 is 0.351 bits per heavy atom. The molecule has 12 N–H and O–H groups in total. The van der Waals surface area contributed by atoms with Crippen molar-refractivity contribution in [3.05, 3.63) is 245 Å². The van der Waals surface area contributed by atoms with Crippen LogP contribution in [0, 0.1) is 0 Å². The van der Waals surface area contributed by atoms with Gasteiger partial charge in [-0.25, -0.2) is 39.9 Å². The van der Waals surface area contributed by atoms with Crippen LogP contribution in [0.2, 0.25) is 0 Å². The van der Waals surface area contributed by atoms with Crippen molar-refractivity contribution in [2.24, 2.45) is 81.8 Å². The van der Waals surface area contributed by atoms with Crippen molar-refractivity contribution in [1.82, 2.24) is 76.4 Å². The SMILES string of the molecule is CCn1ccnc1N=Nc1ccc(O)cc1O.CCn1ccnc1N=Nc1ccc([O-])cc1O.[Co].[Co].[Co].[Co].[O-]c1ccc(N=Nc2nccn2Cn2ccnc2N=Nc2ccc(O)cc2O)c(O)c1.[O-]c1ccc(N=Nc2nccn2Cn2ccnc2N=Nc2ccc(O)cc2O)c(O)c1.[O-]c1ccc(N=Nc2nccn2Cn2ccnc2N=Nc2ccc(O)cc2O)c(O)c1. The summed E-state index contributed by atoms with van der Waals surface area (Å²) in [5.41, 5.74) is 1.47. The quantitative estimate of drug-likeness (QED) is 0.0250. The van der Waals surface area contributed by atoms with Gasteiger partial charge in [-0.05, 0) is 111 Å². The van der Waals surface area contributed by atoms with Gasteiger partial charge in [-0.1, -0.05) is 24.3 Å². The number of aromatic hydroxyl groups is 12. The fourth-order valence-corrected chi connectivity index (χ4v) is 10.4. The van der Waals surface area contributed by atoms with Crippen LogP contribution in [0.15, 0.2) is 327 Å². The van der Waals surface area contributed by atoms with E-state index in [2.05, 4.69) is 122 Å². The zero-order valence-electron chi connectivity index (χ0n) is 67.3. The van der Waals surface area contributed by atoms with Gasteiger partial charge in [-0.2, -0.15) is 0 Å². The number of nitrogens with zero attached hydrogens (tertiary/aromatic N) is 32. The number of hydrogen-bond donors (Lipinski definition) is 12. The molecule has 16 rings (SSSR count). The third-order valence-electron chi connectivity index (χ3n) is 16.7. The fourth-order valence-electron chi connectivity index (χ4n) is 10.4. The summed E-state index contributed by atoms with van der Waals surface area (Å²) in [7, 11) is 0. The Labute approximate surface area is 779 Å². The average molecular weight is 1960 g/mol. The van der Waals surface area contributed by atoms with Gasteiger partial charge < -0.3 is 90.8 Å². The summed E-state index contributed by atoms with van der Waals surface area (Å²) in [4.78, 5) is 32.7. The van der Waals surface area contributed by atoms with Gasteiger partial charge in [0, 0.05) is 204 Å². The van der Waals surface area contributed by atoms with Crippen LogP contribution in [0.25, 0.3) is 0 Å². The van der Waals surface area contributed by atoms with Crippen LogP contribution in [0.1, 0.15) is 13.8 Å². The predicted octanol–water partition coefficient (Wildman–Crippen LogP) is 15.6.